The molecule has 0 saturated carbocycles. The minimum Gasteiger partial charge on any atom is -0.372 e. The number of hydrogen-bond donors (Lipinski definition) is 1. The molecule has 5 nitrogen and oxygen atoms in total. The number of aryl methyl sites for hydroxylation is 1. The number of amides is 1. The summed E-state index contributed by atoms with van der Waals surface area (Å²) in [6, 6.07) is 12.1. The fourth-order valence-corrected chi connectivity index (χ4v) is 4.13. The standard InChI is InChI=1S/C23H27ClN4O/c1-2-20-22(28-14-11-18(24)15-21(28)26-20)23(29)25-16-17-7-9-19(10-8-17)27-12-5-3-4-6-13-27/h7-11,14-15H,2-6,12-13,16H2,1H3,(H,25,29). The Balaban J connectivity index is 1.45. The van der Waals surface area contributed by atoms with Crippen LogP contribution in [0.15, 0.2) is 42.6 Å². The Kier molecular flexibility index (Phi) is 6.05. The molecule has 1 aliphatic heterocycles. The fourth-order valence-electron chi connectivity index (χ4n) is 3.98. The van der Waals surface area contributed by atoms with Crippen molar-refractivity contribution in [2.75, 3.05) is 18.0 Å². The van der Waals surface area contributed by atoms with Crippen molar-refractivity contribution >= 4 is 28.8 Å². The van der Waals surface area contributed by atoms with Crippen molar-refractivity contribution in [3.8, 4) is 0 Å². The third-order valence-corrected chi connectivity index (χ3v) is 5.81. The molecule has 2 aromatic heterocycles. The molecule has 0 radical (unpaired) electrons. The average molecular weight is 411 g/mol. The lowest BCUT2D eigenvalue weighted by Crippen LogP contribution is -2.26. The van der Waals surface area contributed by atoms with Crippen LogP contribution in [0.25, 0.3) is 5.65 Å². The molecule has 4 rings (SSSR count). The lowest BCUT2D eigenvalue weighted by atomic mass is 10.1. The molecule has 0 unspecified atom stereocenters. The number of carbonyl (C=O) groups excluding carboxylic acids is 1. The number of nitrogens with one attached hydrogen (secondary N) is 1. The Morgan fingerprint density at radius 3 is 2.52 bits per heavy atom. The molecule has 0 aliphatic carbocycles. The number of aromatic nitrogens is 2. The van der Waals surface area contributed by atoms with Crippen LogP contribution >= 0.6 is 11.6 Å². The van der Waals surface area contributed by atoms with E-state index in [9.17, 15) is 4.79 Å². The molecule has 0 spiro atoms. The summed E-state index contributed by atoms with van der Waals surface area (Å²) >= 11 is 6.06. The Bertz CT molecular complexity index is 988. The average Bonchev–Trinajstić information content (AvgIpc) is 2.89. The van der Waals surface area contributed by atoms with Gasteiger partial charge in [0, 0.05) is 42.6 Å². The zero-order chi connectivity index (χ0) is 20.2. The highest BCUT2D eigenvalue weighted by Gasteiger charge is 2.18. The van der Waals surface area contributed by atoms with Gasteiger partial charge in [0.2, 0.25) is 0 Å². The van der Waals surface area contributed by atoms with Gasteiger partial charge in [0.1, 0.15) is 11.3 Å². The van der Waals surface area contributed by atoms with Gasteiger partial charge in [-0.1, -0.05) is 43.5 Å². The van der Waals surface area contributed by atoms with Crippen LogP contribution in [0.3, 0.4) is 0 Å². The molecule has 29 heavy (non-hydrogen) atoms. The number of fused-ring (bicyclic) bond motifs is 1. The van der Waals surface area contributed by atoms with E-state index in [-0.39, 0.29) is 5.91 Å². The van der Waals surface area contributed by atoms with E-state index in [1.165, 1.54) is 31.4 Å². The fraction of sp³-hybridized carbons (Fsp3) is 0.391. The van der Waals surface area contributed by atoms with E-state index in [0.29, 0.717) is 29.3 Å². The second-order valence-corrected chi connectivity index (χ2v) is 8.02. The second kappa shape index (κ2) is 8.87. The summed E-state index contributed by atoms with van der Waals surface area (Å²) in [5.41, 5.74) is 4.42. The van der Waals surface area contributed by atoms with Gasteiger partial charge >= 0.3 is 0 Å². The summed E-state index contributed by atoms with van der Waals surface area (Å²) in [7, 11) is 0. The number of benzene rings is 1. The zero-order valence-electron chi connectivity index (χ0n) is 16.8. The molecule has 3 heterocycles. The number of hydrogen-bond acceptors (Lipinski definition) is 3. The summed E-state index contributed by atoms with van der Waals surface area (Å²) < 4.78 is 1.81. The van der Waals surface area contributed by atoms with Gasteiger partial charge in [-0.15, -0.1) is 0 Å². The Hall–Kier alpha value is -2.53. The molecular formula is C23H27ClN4O. The van der Waals surface area contributed by atoms with Crippen molar-refractivity contribution in [2.45, 2.75) is 45.6 Å². The molecular weight excluding hydrogens is 384 g/mol. The van der Waals surface area contributed by atoms with Crippen LogP contribution < -0.4 is 10.2 Å². The molecule has 6 heteroatoms. The lowest BCUT2D eigenvalue weighted by Gasteiger charge is -2.22. The second-order valence-electron chi connectivity index (χ2n) is 7.58. The van der Waals surface area contributed by atoms with Crippen molar-refractivity contribution in [3.05, 3.63) is 64.6 Å². The molecule has 3 aromatic rings. The number of pyridine rings is 1. The topological polar surface area (TPSA) is 49.6 Å². The van der Waals surface area contributed by atoms with Crippen molar-refractivity contribution in [3.63, 3.8) is 0 Å². The van der Waals surface area contributed by atoms with Crippen molar-refractivity contribution in [1.82, 2.24) is 14.7 Å². The Morgan fingerprint density at radius 1 is 1.10 bits per heavy atom. The van der Waals surface area contributed by atoms with E-state index in [4.69, 9.17) is 11.6 Å². The first-order chi connectivity index (χ1) is 14.2. The van der Waals surface area contributed by atoms with Gasteiger partial charge in [-0.2, -0.15) is 0 Å². The summed E-state index contributed by atoms with van der Waals surface area (Å²) in [6.45, 7) is 4.76. The maximum Gasteiger partial charge on any atom is 0.270 e. The van der Waals surface area contributed by atoms with Crippen LogP contribution in [0.1, 0.15) is 54.4 Å². The van der Waals surface area contributed by atoms with E-state index < -0.39 is 0 Å². The molecule has 0 bridgehead atoms. The molecule has 1 aliphatic rings. The van der Waals surface area contributed by atoms with Gasteiger partial charge in [0.25, 0.3) is 5.91 Å². The predicted octanol–water partition coefficient (Wildman–Crippen LogP) is 4.86. The normalized spacial score (nSPS) is 14.8. The lowest BCUT2D eigenvalue weighted by molar-refractivity contribution is 0.0944. The molecule has 0 atom stereocenters. The third kappa shape index (κ3) is 4.40. The van der Waals surface area contributed by atoms with Gasteiger partial charge in [0.05, 0.1) is 5.69 Å². The quantitative estimate of drug-likeness (QED) is 0.653. The van der Waals surface area contributed by atoms with Gasteiger partial charge in [-0.25, -0.2) is 4.98 Å². The summed E-state index contributed by atoms with van der Waals surface area (Å²) in [5, 5.41) is 3.66. The summed E-state index contributed by atoms with van der Waals surface area (Å²) in [4.78, 5) is 19.9. The smallest absolute Gasteiger partial charge is 0.270 e. The number of rotatable bonds is 5. The number of nitrogens with zero attached hydrogens (tertiary/aromatic N) is 3. The monoisotopic (exact) mass is 410 g/mol. The number of carbonyl (C=O) groups is 1. The van der Waals surface area contributed by atoms with E-state index in [1.54, 1.807) is 18.3 Å². The molecule has 152 valence electrons. The van der Waals surface area contributed by atoms with Gasteiger partial charge in [-0.3, -0.25) is 9.20 Å². The van der Waals surface area contributed by atoms with Crippen molar-refractivity contribution in [1.29, 1.82) is 0 Å². The molecule has 1 saturated heterocycles. The highest BCUT2D eigenvalue weighted by Crippen LogP contribution is 2.21. The Labute approximate surface area is 176 Å². The summed E-state index contributed by atoms with van der Waals surface area (Å²) in [6.07, 6.45) is 7.68. The van der Waals surface area contributed by atoms with Crippen LogP contribution in [0, 0.1) is 0 Å². The minimum absolute atomic E-state index is 0.117. The summed E-state index contributed by atoms with van der Waals surface area (Å²) in [5.74, 6) is -0.117. The molecule has 1 fully saturated rings. The number of imidazole rings is 1. The van der Waals surface area contributed by atoms with Gasteiger partial charge < -0.3 is 10.2 Å². The maximum atomic E-state index is 12.9. The van der Waals surface area contributed by atoms with Crippen molar-refractivity contribution in [2.24, 2.45) is 0 Å². The SMILES string of the molecule is CCc1nc2cc(Cl)ccn2c1C(=O)NCc1ccc(N2CCCCCC2)cc1. The van der Waals surface area contributed by atoms with E-state index in [0.717, 1.165) is 24.3 Å². The Morgan fingerprint density at radius 2 is 1.83 bits per heavy atom. The number of anilines is 1. The first kappa shape index (κ1) is 19.8. The highest BCUT2D eigenvalue weighted by molar-refractivity contribution is 6.30. The molecule has 1 amide bonds. The van der Waals surface area contributed by atoms with E-state index in [2.05, 4.69) is 39.5 Å². The van der Waals surface area contributed by atoms with Crippen molar-refractivity contribution < 1.29 is 4.79 Å². The zero-order valence-corrected chi connectivity index (χ0v) is 17.6. The maximum absolute atomic E-state index is 12.9. The number of halogens is 1. The largest absolute Gasteiger partial charge is 0.372 e. The highest BCUT2D eigenvalue weighted by atomic mass is 35.5. The third-order valence-electron chi connectivity index (χ3n) is 5.57. The molecule has 1 N–H and O–H groups in total. The van der Waals surface area contributed by atoms with E-state index >= 15 is 0 Å². The van der Waals surface area contributed by atoms with E-state index in [1.807, 2.05) is 11.3 Å². The van der Waals surface area contributed by atoms with Gasteiger partial charge in [-0.05, 0) is 43.0 Å². The van der Waals surface area contributed by atoms with Crippen LogP contribution in [0.2, 0.25) is 5.02 Å². The first-order valence-corrected chi connectivity index (χ1v) is 10.8. The van der Waals surface area contributed by atoms with Crippen LogP contribution in [0.5, 0.6) is 0 Å². The minimum atomic E-state index is -0.117. The van der Waals surface area contributed by atoms with Crippen LogP contribution in [-0.4, -0.2) is 28.4 Å². The molecule has 1 aromatic carbocycles. The van der Waals surface area contributed by atoms with Gasteiger partial charge in [0.15, 0.2) is 0 Å². The van der Waals surface area contributed by atoms with Crippen LogP contribution in [0.4, 0.5) is 5.69 Å². The first-order valence-electron chi connectivity index (χ1n) is 10.4. The predicted molar refractivity (Wildman–Crippen MR) is 118 cm³/mol. The van der Waals surface area contributed by atoms with Crippen LogP contribution in [-0.2, 0) is 13.0 Å².